The Balaban J connectivity index is 1.32. The number of esters is 1. The van der Waals surface area contributed by atoms with Crippen LogP contribution in [0.15, 0.2) is 47.1 Å². The molecule has 6 nitrogen and oxygen atoms in total. The zero-order chi connectivity index (χ0) is 19.5. The number of thioether (sulfide) groups is 1. The van der Waals surface area contributed by atoms with Crippen molar-refractivity contribution in [1.82, 2.24) is 14.9 Å². The van der Waals surface area contributed by atoms with E-state index in [2.05, 4.69) is 16.0 Å². The molecule has 0 aliphatic carbocycles. The number of hydrogen-bond donors (Lipinski definition) is 0. The maximum absolute atomic E-state index is 12.7. The van der Waals surface area contributed by atoms with Gasteiger partial charge < -0.3 is 9.64 Å². The van der Waals surface area contributed by atoms with Crippen LogP contribution in [0.1, 0.15) is 18.1 Å². The van der Waals surface area contributed by atoms with Crippen molar-refractivity contribution in [2.45, 2.75) is 31.0 Å². The van der Waals surface area contributed by atoms with Crippen LogP contribution in [0.4, 0.5) is 0 Å². The second kappa shape index (κ2) is 8.28. The van der Waals surface area contributed by atoms with Crippen molar-refractivity contribution in [3.8, 4) is 0 Å². The minimum Gasteiger partial charge on any atom is -0.452 e. The molecule has 0 radical (unpaired) electrons. The van der Waals surface area contributed by atoms with Gasteiger partial charge in [-0.2, -0.15) is 0 Å². The first-order valence-corrected chi connectivity index (χ1v) is 10.8. The molecular formula is C20H19N3O3S2. The van der Waals surface area contributed by atoms with Crippen molar-refractivity contribution in [3.63, 3.8) is 0 Å². The lowest BCUT2D eigenvalue weighted by atomic mass is 9.99. The number of ether oxygens (including phenoxy) is 1. The number of amides is 1. The van der Waals surface area contributed by atoms with Crippen LogP contribution in [0.2, 0.25) is 0 Å². The summed E-state index contributed by atoms with van der Waals surface area (Å²) in [6, 6.07) is 10.1. The van der Waals surface area contributed by atoms with Crippen molar-refractivity contribution >= 4 is 45.2 Å². The molecule has 3 aromatic rings. The minimum atomic E-state index is -0.801. The van der Waals surface area contributed by atoms with Crippen LogP contribution in [-0.4, -0.2) is 45.1 Å². The Morgan fingerprint density at radius 1 is 1.25 bits per heavy atom. The molecule has 0 saturated carbocycles. The fourth-order valence-corrected chi connectivity index (χ4v) is 4.79. The molecule has 1 aliphatic heterocycles. The number of carbonyl (C=O) groups is 2. The first-order valence-electron chi connectivity index (χ1n) is 8.98. The molecule has 28 heavy (non-hydrogen) atoms. The SMILES string of the molecule is C[C@@H](OC(=O)CSc1ncnc2sccc12)C(=O)N1CCc2ccccc2C1. The van der Waals surface area contributed by atoms with E-state index in [4.69, 9.17) is 4.74 Å². The van der Waals surface area contributed by atoms with Crippen LogP contribution in [0, 0.1) is 0 Å². The first-order chi connectivity index (χ1) is 13.6. The van der Waals surface area contributed by atoms with Crippen molar-refractivity contribution < 1.29 is 14.3 Å². The summed E-state index contributed by atoms with van der Waals surface area (Å²) in [5.74, 6) is -0.483. The third kappa shape index (κ3) is 4.02. The Bertz CT molecular complexity index is 1020. The van der Waals surface area contributed by atoms with Crippen LogP contribution in [0.25, 0.3) is 10.2 Å². The molecule has 0 spiro atoms. The average molecular weight is 414 g/mol. The van der Waals surface area contributed by atoms with Crippen molar-refractivity contribution in [3.05, 3.63) is 53.2 Å². The quantitative estimate of drug-likeness (QED) is 0.363. The summed E-state index contributed by atoms with van der Waals surface area (Å²) in [6.07, 6.45) is 1.51. The fourth-order valence-electron chi connectivity index (χ4n) is 3.23. The highest BCUT2D eigenvalue weighted by molar-refractivity contribution is 8.00. The lowest BCUT2D eigenvalue weighted by Crippen LogP contribution is -2.42. The van der Waals surface area contributed by atoms with E-state index in [9.17, 15) is 9.59 Å². The Morgan fingerprint density at radius 2 is 2.07 bits per heavy atom. The summed E-state index contributed by atoms with van der Waals surface area (Å²) in [4.78, 5) is 36.0. The number of nitrogens with zero attached hydrogens (tertiary/aromatic N) is 3. The standard InChI is InChI=1S/C20H19N3O3S2/c1-13(20(25)23-8-6-14-4-2-3-5-15(14)10-23)26-17(24)11-28-19-16-7-9-27-18(16)21-12-22-19/h2-5,7,9,12-13H,6,8,10-11H2,1H3/t13-/m1/s1. The molecular weight excluding hydrogens is 394 g/mol. The van der Waals surface area contributed by atoms with E-state index in [1.54, 1.807) is 11.8 Å². The highest BCUT2D eigenvalue weighted by Crippen LogP contribution is 2.27. The maximum atomic E-state index is 12.7. The molecule has 1 aliphatic rings. The average Bonchev–Trinajstić information content (AvgIpc) is 3.20. The van der Waals surface area contributed by atoms with Gasteiger partial charge in [0.15, 0.2) is 6.10 Å². The molecule has 3 heterocycles. The molecule has 0 fully saturated rings. The molecule has 0 saturated heterocycles. The smallest absolute Gasteiger partial charge is 0.317 e. The number of thiophene rings is 1. The summed E-state index contributed by atoms with van der Waals surface area (Å²) in [6.45, 7) is 2.83. The maximum Gasteiger partial charge on any atom is 0.317 e. The number of carbonyl (C=O) groups excluding carboxylic acids is 2. The molecule has 1 aromatic carbocycles. The largest absolute Gasteiger partial charge is 0.452 e. The molecule has 1 atom stereocenters. The number of hydrogen-bond acceptors (Lipinski definition) is 7. The lowest BCUT2D eigenvalue weighted by Gasteiger charge is -2.30. The van der Waals surface area contributed by atoms with Crippen LogP contribution in [-0.2, 0) is 27.3 Å². The van der Waals surface area contributed by atoms with Crippen molar-refractivity contribution in [2.75, 3.05) is 12.3 Å². The summed E-state index contributed by atoms with van der Waals surface area (Å²) >= 11 is 2.83. The zero-order valence-corrected chi connectivity index (χ0v) is 17.0. The van der Waals surface area contributed by atoms with Gasteiger partial charge in [-0.05, 0) is 35.9 Å². The van der Waals surface area contributed by atoms with Gasteiger partial charge in [-0.1, -0.05) is 36.0 Å². The van der Waals surface area contributed by atoms with Gasteiger partial charge >= 0.3 is 5.97 Å². The molecule has 144 valence electrons. The van der Waals surface area contributed by atoms with Crippen molar-refractivity contribution in [2.24, 2.45) is 0 Å². The molecule has 4 rings (SSSR count). The molecule has 8 heteroatoms. The van der Waals surface area contributed by atoms with E-state index >= 15 is 0 Å². The normalized spacial score (nSPS) is 14.5. The van der Waals surface area contributed by atoms with E-state index in [0.717, 1.165) is 27.2 Å². The molecule has 0 unspecified atom stereocenters. The topological polar surface area (TPSA) is 72.4 Å². The Kier molecular flexibility index (Phi) is 5.59. The summed E-state index contributed by atoms with van der Waals surface area (Å²) in [7, 11) is 0. The van der Waals surface area contributed by atoms with E-state index in [1.807, 2.05) is 29.6 Å². The number of fused-ring (bicyclic) bond motifs is 2. The highest BCUT2D eigenvalue weighted by atomic mass is 32.2. The number of aromatic nitrogens is 2. The molecule has 0 bridgehead atoms. The van der Waals surface area contributed by atoms with Gasteiger partial charge in [-0.15, -0.1) is 11.3 Å². The van der Waals surface area contributed by atoms with Crippen LogP contribution in [0.3, 0.4) is 0 Å². The summed E-state index contributed by atoms with van der Waals surface area (Å²) in [5.41, 5.74) is 2.43. The summed E-state index contributed by atoms with van der Waals surface area (Å²) in [5, 5.41) is 3.62. The number of rotatable bonds is 5. The minimum absolute atomic E-state index is 0.0996. The highest BCUT2D eigenvalue weighted by Gasteiger charge is 2.27. The summed E-state index contributed by atoms with van der Waals surface area (Å²) < 4.78 is 5.38. The third-order valence-electron chi connectivity index (χ3n) is 4.65. The van der Waals surface area contributed by atoms with Gasteiger partial charge in [0.2, 0.25) is 0 Å². The third-order valence-corrected chi connectivity index (χ3v) is 6.45. The van der Waals surface area contributed by atoms with E-state index in [1.165, 1.54) is 35.0 Å². The fraction of sp³-hybridized carbons (Fsp3) is 0.300. The van der Waals surface area contributed by atoms with Gasteiger partial charge in [0, 0.05) is 18.5 Å². The lowest BCUT2D eigenvalue weighted by molar-refractivity contribution is -0.157. The molecule has 2 aromatic heterocycles. The Labute approximate surface area is 170 Å². The van der Waals surface area contributed by atoms with Gasteiger partial charge in [0.1, 0.15) is 16.2 Å². The van der Waals surface area contributed by atoms with Crippen LogP contribution in [0.5, 0.6) is 0 Å². The van der Waals surface area contributed by atoms with E-state index in [0.29, 0.717) is 13.1 Å². The second-order valence-corrected chi connectivity index (χ2v) is 8.38. The Morgan fingerprint density at radius 3 is 2.93 bits per heavy atom. The predicted molar refractivity (Wildman–Crippen MR) is 109 cm³/mol. The van der Waals surface area contributed by atoms with Gasteiger partial charge in [-0.3, -0.25) is 9.59 Å². The predicted octanol–water partition coefficient (Wildman–Crippen LogP) is 3.30. The second-order valence-electron chi connectivity index (χ2n) is 6.52. The van der Waals surface area contributed by atoms with Gasteiger partial charge in [-0.25, -0.2) is 9.97 Å². The van der Waals surface area contributed by atoms with Crippen LogP contribution < -0.4 is 0 Å². The van der Waals surface area contributed by atoms with E-state index in [-0.39, 0.29) is 11.7 Å². The first kappa shape index (κ1) is 18.9. The monoisotopic (exact) mass is 413 g/mol. The van der Waals surface area contributed by atoms with Crippen LogP contribution >= 0.6 is 23.1 Å². The number of benzene rings is 1. The Hall–Kier alpha value is -2.45. The van der Waals surface area contributed by atoms with Gasteiger partial charge in [0.05, 0.1) is 5.75 Å². The molecule has 0 N–H and O–H groups in total. The van der Waals surface area contributed by atoms with Crippen molar-refractivity contribution in [1.29, 1.82) is 0 Å². The van der Waals surface area contributed by atoms with Gasteiger partial charge in [0.25, 0.3) is 5.91 Å². The zero-order valence-electron chi connectivity index (χ0n) is 15.3. The van der Waals surface area contributed by atoms with E-state index < -0.39 is 12.1 Å². The molecule has 1 amide bonds.